The molecule has 0 radical (unpaired) electrons. The summed E-state index contributed by atoms with van der Waals surface area (Å²) >= 11 is 0. The minimum absolute atomic E-state index is 0.0572. The van der Waals surface area contributed by atoms with Crippen molar-refractivity contribution in [2.45, 2.75) is 59.0 Å². The Balaban J connectivity index is 4.66. The Bertz CT molecular complexity index is 377. The molecule has 0 spiro atoms. The summed E-state index contributed by atoms with van der Waals surface area (Å²) in [6.07, 6.45) is 1.47. The second-order valence-corrected chi connectivity index (χ2v) is 6.12. The summed E-state index contributed by atoms with van der Waals surface area (Å²) in [6.45, 7) is 7.57. The molecule has 0 aliphatic carbocycles. The Morgan fingerprint density at radius 1 is 1.19 bits per heavy atom. The second-order valence-electron chi connectivity index (χ2n) is 6.12. The smallest absolute Gasteiger partial charge is 0.312 e. The van der Waals surface area contributed by atoms with E-state index in [-0.39, 0.29) is 11.7 Å². The largest absolute Gasteiger partial charge is 0.352 e. The molecule has 0 aromatic heterocycles. The molecular formula is C14H28N4O3. The molecule has 3 amide bonds. The van der Waals surface area contributed by atoms with Crippen LogP contribution in [0.2, 0.25) is 0 Å². The zero-order chi connectivity index (χ0) is 16.6. The first-order chi connectivity index (χ1) is 9.59. The standard InChI is InChI=1S/C14H28N4O3/c1-5-9(15)12(20)18-10(11(19)14(2,3)4)7-6-8-17-13(16)21/h9-10H,5-8,15H2,1-4H3,(H,18,20)(H3,16,17,21)/t9-,10?/m0/s1. The van der Waals surface area contributed by atoms with Crippen LogP contribution in [0.4, 0.5) is 4.79 Å². The lowest BCUT2D eigenvalue weighted by molar-refractivity contribution is -0.133. The monoisotopic (exact) mass is 300 g/mol. The van der Waals surface area contributed by atoms with Gasteiger partial charge in [0.1, 0.15) is 0 Å². The summed E-state index contributed by atoms with van der Waals surface area (Å²) in [5.74, 6) is -0.388. The van der Waals surface area contributed by atoms with E-state index in [0.717, 1.165) is 0 Å². The third-order valence-electron chi connectivity index (χ3n) is 3.12. The van der Waals surface area contributed by atoms with Crippen molar-refractivity contribution in [2.24, 2.45) is 16.9 Å². The van der Waals surface area contributed by atoms with Gasteiger partial charge in [0.25, 0.3) is 0 Å². The molecule has 0 aromatic rings. The van der Waals surface area contributed by atoms with Crippen LogP contribution in [0, 0.1) is 5.41 Å². The first-order valence-corrected chi connectivity index (χ1v) is 7.23. The van der Waals surface area contributed by atoms with E-state index in [0.29, 0.717) is 25.8 Å². The van der Waals surface area contributed by atoms with E-state index in [2.05, 4.69) is 10.6 Å². The number of amides is 3. The van der Waals surface area contributed by atoms with Gasteiger partial charge in [0, 0.05) is 12.0 Å². The van der Waals surface area contributed by atoms with Gasteiger partial charge in [-0.3, -0.25) is 9.59 Å². The molecule has 0 aliphatic rings. The number of primary amides is 1. The van der Waals surface area contributed by atoms with E-state index < -0.39 is 23.5 Å². The number of hydrogen-bond acceptors (Lipinski definition) is 4. The van der Waals surface area contributed by atoms with E-state index in [1.165, 1.54) is 0 Å². The molecule has 0 aliphatic heterocycles. The average Bonchev–Trinajstić information content (AvgIpc) is 2.38. The number of urea groups is 1. The lowest BCUT2D eigenvalue weighted by atomic mass is 9.84. The molecule has 7 heteroatoms. The fraction of sp³-hybridized carbons (Fsp3) is 0.786. The van der Waals surface area contributed by atoms with Gasteiger partial charge in [-0.15, -0.1) is 0 Å². The quantitative estimate of drug-likeness (QED) is 0.480. The second kappa shape index (κ2) is 8.61. The number of hydrogen-bond donors (Lipinski definition) is 4. The van der Waals surface area contributed by atoms with Crippen LogP contribution in [0.3, 0.4) is 0 Å². The zero-order valence-corrected chi connectivity index (χ0v) is 13.4. The molecule has 2 atom stereocenters. The fourth-order valence-electron chi connectivity index (χ4n) is 1.77. The normalized spacial score (nSPS) is 14.1. The van der Waals surface area contributed by atoms with E-state index in [4.69, 9.17) is 11.5 Å². The van der Waals surface area contributed by atoms with Crippen LogP contribution in [0.1, 0.15) is 47.0 Å². The number of nitrogens with two attached hydrogens (primary N) is 2. The van der Waals surface area contributed by atoms with Crippen molar-refractivity contribution in [2.75, 3.05) is 6.54 Å². The lowest BCUT2D eigenvalue weighted by Crippen LogP contribution is -2.51. The van der Waals surface area contributed by atoms with Gasteiger partial charge < -0.3 is 22.1 Å². The SMILES string of the molecule is CC[C@H](N)C(=O)NC(CCCNC(N)=O)C(=O)C(C)(C)C. The fourth-order valence-corrected chi connectivity index (χ4v) is 1.77. The number of Topliss-reactive ketones (excluding diaryl/α,β-unsaturated/α-hetero) is 1. The average molecular weight is 300 g/mol. The van der Waals surface area contributed by atoms with Gasteiger partial charge in [0.2, 0.25) is 5.91 Å². The van der Waals surface area contributed by atoms with Gasteiger partial charge >= 0.3 is 6.03 Å². The minimum Gasteiger partial charge on any atom is -0.352 e. The van der Waals surface area contributed by atoms with Crippen molar-refractivity contribution < 1.29 is 14.4 Å². The summed E-state index contributed by atoms with van der Waals surface area (Å²) in [6, 6.07) is -1.83. The van der Waals surface area contributed by atoms with E-state index in [1.807, 2.05) is 6.92 Å². The number of carbonyl (C=O) groups is 3. The predicted octanol–water partition coefficient (Wildman–Crippen LogP) is 0.272. The third-order valence-corrected chi connectivity index (χ3v) is 3.12. The molecule has 0 saturated heterocycles. The minimum atomic E-state index is -0.621. The van der Waals surface area contributed by atoms with Crippen molar-refractivity contribution in [3.8, 4) is 0 Å². The molecule has 6 N–H and O–H groups in total. The maximum Gasteiger partial charge on any atom is 0.312 e. The highest BCUT2D eigenvalue weighted by Crippen LogP contribution is 2.19. The van der Waals surface area contributed by atoms with Crippen LogP contribution in [-0.4, -0.2) is 36.3 Å². The van der Waals surface area contributed by atoms with Crippen LogP contribution in [0.25, 0.3) is 0 Å². The Morgan fingerprint density at radius 3 is 2.19 bits per heavy atom. The van der Waals surface area contributed by atoms with Crippen molar-refractivity contribution in [3.63, 3.8) is 0 Å². The van der Waals surface area contributed by atoms with Crippen LogP contribution in [0.5, 0.6) is 0 Å². The number of ketones is 1. The molecule has 0 bridgehead atoms. The van der Waals surface area contributed by atoms with Crippen LogP contribution < -0.4 is 22.1 Å². The van der Waals surface area contributed by atoms with Gasteiger partial charge in [-0.05, 0) is 19.3 Å². The Labute approximate surface area is 126 Å². The summed E-state index contributed by atoms with van der Waals surface area (Å²) in [7, 11) is 0. The maximum atomic E-state index is 12.4. The van der Waals surface area contributed by atoms with E-state index in [1.54, 1.807) is 20.8 Å². The Hall–Kier alpha value is -1.63. The maximum absolute atomic E-state index is 12.4. The lowest BCUT2D eigenvalue weighted by Gasteiger charge is -2.26. The van der Waals surface area contributed by atoms with Gasteiger partial charge in [-0.2, -0.15) is 0 Å². The molecule has 0 heterocycles. The number of rotatable bonds is 8. The first-order valence-electron chi connectivity index (χ1n) is 7.23. The highest BCUT2D eigenvalue weighted by Gasteiger charge is 2.31. The number of nitrogens with one attached hydrogen (secondary N) is 2. The Kier molecular flexibility index (Phi) is 7.94. The zero-order valence-electron chi connectivity index (χ0n) is 13.4. The summed E-state index contributed by atoms with van der Waals surface area (Å²) in [5, 5.41) is 5.16. The highest BCUT2D eigenvalue weighted by atomic mass is 16.2. The summed E-state index contributed by atoms with van der Waals surface area (Å²) in [4.78, 5) is 34.9. The highest BCUT2D eigenvalue weighted by molar-refractivity contribution is 5.93. The van der Waals surface area contributed by atoms with Crippen LogP contribution >= 0.6 is 0 Å². The molecule has 122 valence electrons. The molecule has 0 fully saturated rings. The van der Waals surface area contributed by atoms with E-state index >= 15 is 0 Å². The first kappa shape index (κ1) is 19.4. The van der Waals surface area contributed by atoms with Crippen molar-refractivity contribution in [3.05, 3.63) is 0 Å². The molecule has 0 aromatic carbocycles. The molecule has 21 heavy (non-hydrogen) atoms. The number of carbonyl (C=O) groups excluding carboxylic acids is 3. The van der Waals surface area contributed by atoms with Gasteiger partial charge in [-0.1, -0.05) is 27.7 Å². The molecule has 1 unspecified atom stereocenters. The topological polar surface area (TPSA) is 127 Å². The summed E-state index contributed by atoms with van der Waals surface area (Å²) < 4.78 is 0. The molecule has 0 saturated carbocycles. The van der Waals surface area contributed by atoms with Crippen LogP contribution in [-0.2, 0) is 9.59 Å². The van der Waals surface area contributed by atoms with Gasteiger partial charge in [-0.25, -0.2) is 4.79 Å². The Morgan fingerprint density at radius 2 is 1.76 bits per heavy atom. The molecule has 7 nitrogen and oxygen atoms in total. The molecular weight excluding hydrogens is 272 g/mol. The molecule has 0 rings (SSSR count). The third kappa shape index (κ3) is 7.65. The predicted molar refractivity (Wildman–Crippen MR) is 81.5 cm³/mol. The summed E-state index contributed by atoms with van der Waals surface area (Å²) in [5.41, 5.74) is 10.1. The van der Waals surface area contributed by atoms with Gasteiger partial charge in [0.15, 0.2) is 5.78 Å². The van der Waals surface area contributed by atoms with Crippen molar-refractivity contribution >= 4 is 17.7 Å². The van der Waals surface area contributed by atoms with Gasteiger partial charge in [0.05, 0.1) is 12.1 Å². The van der Waals surface area contributed by atoms with Crippen molar-refractivity contribution in [1.82, 2.24) is 10.6 Å². The van der Waals surface area contributed by atoms with E-state index in [9.17, 15) is 14.4 Å². The van der Waals surface area contributed by atoms with Crippen molar-refractivity contribution in [1.29, 1.82) is 0 Å². The van der Waals surface area contributed by atoms with Crippen LogP contribution in [0.15, 0.2) is 0 Å².